The number of rotatable bonds is 3. The van der Waals surface area contributed by atoms with Gasteiger partial charge in [-0.05, 0) is 0 Å². The first-order chi connectivity index (χ1) is 4.09. The maximum absolute atomic E-state index is 11.9. The maximum Gasteiger partial charge on any atom is 0.341 e. The summed E-state index contributed by atoms with van der Waals surface area (Å²) >= 11 is 0. The molecule has 0 spiro atoms. The van der Waals surface area contributed by atoms with Crippen molar-refractivity contribution >= 4 is 18.4 Å². The number of carbonyl (C=O) groups is 1. The number of hydrogen-bond donors (Lipinski definition) is 2. The van der Waals surface area contributed by atoms with Crippen LogP contribution in [0.2, 0.25) is 0 Å². The van der Waals surface area contributed by atoms with Crippen LogP contribution in [0.25, 0.3) is 0 Å². The van der Waals surface area contributed by atoms with Gasteiger partial charge >= 0.3 is 5.97 Å². The molecule has 3 N–H and O–H groups in total. The Labute approximate surface area is 62.6 Å². The van der Waals surface area contributed by atoms with E-state index in [4.69, 9.17) is 5.11 Å². The predicted octanol–water partition coefficient (Wildman–Crippen LogP) is 0.128. The lowest BCUT2D eigenvalue weighted by Gasteiger charge is -2.04. The first-order valence-electron chi connectivity index (χ1n) is 2.30. The number of halogens is 3. The van der Waals surface area contributed by atoms with Gasteiger partial charge in [0, 0.05) is 6.54 Å². The van der Waals surface area contributed by atoms with Gasteiger partial charge in [0.05, 0.1) is 0 Å². The van der Waals surface area contributed by atoms with E-state index in [0.717, 1.165) is 0 Å². The van der Waals surface area contributed by atoms with Gasteiger partial charge in [0.2, 0.25) is 6.17 Å². The summed E-state index contributed by atoms with van der Waals surface area (Å²) in [6.07, 6.45) is -4.59. The molecule has 0 rings (SSSR count). The second-order valence-corrected chi connectivity index (χ2v) is 1.49. The van der Waals surface area contributed by atoms with Crippen LogP contribution in [0.4, 0.5) is 8.78 Å². The van der Waals surface area contributed by atoms with Crippen molar-refractivity contribution in [2.24, 2.45) is 5.73 Å². The number of alkyl halides is 2. The van der Waals surface area contributed by atoms with Crippen LogP contribution >= 0.6 is 12.4 Å². The molecule has 0 heterocycles. The van der Waals surface area contributed by atoms with Gasteiger partial charge in [-0.1, -0.05) is 0 Å². The minimum Gasteiger partial charge on any atom is -0.479 e. The van der Waals surface area contributed by atoms with Gasteiger partial charge in [-0.2, -0.15) is 0 Å². The summed E-state index contributed by atoms with van der Waals surface area (Å²) in [5, 5.41) is 7.81. The molecule has 0 amide bonds. The Morgan fingerprint density at radius 3 is 2.10 bits per heavy atom. The molecule has 0 saturated carbocycles. The van der Waals surface area contributed by atoms with E-state index in [9.17, 15) is 13.6 Å². The number of carboxylic acid groups (broad SMARTS) is 1. The van der Waals surface area contributed by atoms with Crippen molar-refractivity contribution in [1.82, 2.24) is 0 Å². The van der Waals surface area contributed by atoms with Crippen LogP contribution in [0, 0.1) is 0 Å². The minimum atomic E-state index is -2.49. The maximum atomic E-state index is 11.9. The van der Waals surface area contributed by atoms with E-state index in [1.807, 2.05) is 0 Å². The highest BCUT2D eigenvalue weighted by Gasteiger charge is 2.25. The molecule has 0 bridgehead atoms. The first kappa shape index (κ1) is 12.3. The average molecular weight is 176 g/mol. The molecule has 2 atom stereocenters. The lowest BCUT2D eigenvalue weighted by Crippen LogP contribution is -2.32. The summed E-state index contributed by atoms with van der Waals surface area (Å²) in [5.41, 5.74) is 4.63. The average Bonchev–Trinajstić information content (AvgIpc) is 1.84. The largest absolute Gasteiger partial charge is 0.479 e. The molecule has 0 unspecified atom stereocenters. The molecule has 0 aliphatic rings. The van der Waals surface area contributed by atoms with Gasteiger partial charge in [-0.3, -0.25) is 0 Å². The smallest absolute Gasteiger partial charge is 0.341 e. The van der Waals surface area contributed by atoms with Gasteiger partial charge in [-0.15, -0.1) is 12.4 Å². The second-order valence-electron chi connectivity index (χ2n) is 1.49. The van der Waals surface area contributed by atoms with Crippen molar-refractivity contribution in [3.05, 3.63) is 0 Å². The Kier molecular flexibility index (Phi) is 6.59. The molecule has 0 aromatic heterocycles. The first-order valence-corrected chi connectivity index (χ1v) is 2.30. The molecule has 62 valence electrons. The van der Waals surface area contributed by atoms with E-state index >= 15 is 0 Å². The van der Waals surface area contributed by atoms with E-state index in [1.165, 1.54) is 0 Å². The van der Waals surface area contributed by atoms with Crippen LogP contribution in [-0.4, -0.2) is 30.0 Å². The summed E-state index contributed by atoms with van der Waals surface area (Å²) in [4.78, 5) is 9.63. The van der Waals surface area contributed by atoms with E-state index in [-0.39, 0.29) is 12.4 Å². The van der Waals surface area contributed by atoms with Gasteiger partial charge in [-0.25, -0.2) is 13.6 Å². The summed E-state index contributed by atoms with van der Waals surface area (Å²) < 4.78 is 23.8. The predicted molar refractivity (Wildman–Crippen MR) is 33.7 cm³/mol. The quantitative estimate of drug-likeness (QED) is 0.641. The van der Waals surface area contributed by atoms with Crippen LogP contribution in [0.1, 0.15) is 0 Å². The highest BCUT2D eigenvalue weighted by molar-refractivity contribution is 5.85. The van der Waals surface area contributed by atoms with E-state index in [1.54, 1.807) is 0 Å². The van der Waals surface area contributed by atoms with Crippen molar-refractivity contribution in [1.29, 1.82) is 0 Å². The third-order valence-corrected chi connectivity index (χ3v) is 0.779. The van der Waals surface area contributed by atoms with E-state index in [2.05, 4.69) is 5.73 Å². The zero-order chi connectivity index (χ0) is 7.44. The van der Waals surface area contributed by atoms with Crippen molar-refractivity contribution in [2.45, 2.75) is 12.3 Å². The molecule has 10 heavy (non-hydrogen) atoms. The Morgan fingerprint density at radius 1 is 1.60 bits per heavy atom. The van der Waals surface area contributed by atoms with Crippen LogP contribution in [0.3, 0.4) is 0 Å². The lowest BCUT2D eigenvalue weighted by atomic mass is 10.2. The lowest BCUT2D eigenvalue weighted by molar-refractivity contribution is -0.145. The minimum absolute atomic E-state index is 0. The second kappa shape index (κ2) is 5.37. The molecule has 0 fully saturated rings. The molecule has 0 aromatic carbocycles. The zero-order valence-electron chi connectivity index (χ0n) is 4.96. The monoisotopic (exact) mass is 175 g/mol. The number of nitrogens with two attached hydrogens (primary N) is 1. The van der Waals surface area contributed by atoms with Crippen molar-refractivity contribution in [3.63, 3.8) is 0 Å². The number of carboxylic acids is 1. The van der Waals surface area contributed by atoms with Gasteiger partial charge < -0.3 is 10.8 Å². The molecular formula is C4H8ClF2NO2. The molecule has 0 aliphatic heterocycles. The molecule has 6 heteroatoms. The molecule has 0 aromatic rings. The summed E-state index contributed by atoms with van der Waals surface area (Å²) in [5.74, 6) is -1.81. The van der Waals surface area contributed by atoms with Crippen molar-refractivity contribution in [2.75, 3.05) is 6.54 Å². The Bertz CT molecular complexity index is 113. The fourth-order valence-corrected chi connectivity index (χ4v) is 0.274. The summed E-state index contributed by atoms with van der Waals surface area (Å²) in [7, 11) is 0. The molecule has 0 saturated heterocycles. The fraction of sp³-hybridized carbons (Fsp3) is 0.750. The highest BCUT2D eigenvalue weighted by Crippen LogP contribution is 2.01. The molecular weight excluding hydrogens is 167 g/mol. The number of hydrogen-bond acceptors (Lipinski definition) is 2. The molecule has 0 aliphatic carbocycles. The van der Waals surface area contributed by atoms with Crippen LogP contribution in [0.15, 0.2) is 0 Å². The molecule has 0 radical (unpaired) electrons. The Morgan fingerprint density at radius 2 is 2.00 bits per heavy atom. The third kappa shape index (κ3) is 3.58. The van der Waals surface area contributed by atoms with Crippen LogP contribution in [0.5, 0.6) is 0 Å². The highest BCUT2D eigenvalue weighted by atomic mass is 35.5. The normalized spacial score (nSPS) is 15.1. The fourth-order valence-electron chi connectivity index (χ4n) is 0.274. The summed E-state index contributed by atoms with van der Waals surface area (Å²) in [6, 6.07) is 0. The third-order valence-electron chi connectivity index (χ3n) is 0.779. The Balaban J connectivity index is 0. The molecule has 3 nitrogen and oxygen atoms in total. The standard InChI is InChI=1S/C4H7F2NO2.ClH/c5-2(1-7)3(6)4(8)9;/h2-3H,1,7H2,(H,8,9);1H/t2-,3+;/m1./s1. The van der Waals surface area contributed by atoms with Crippen LogP contribution < -0.4 is 5.73 Å². The SMILES string of the molecule is Cl.NC[C@@H](F)[C@H](F)C(=O)O. The summed E-state index contributed by atoms with van der Waals surface area (Å²) in [6.45, 7) is -0.604. The van der Waals surface area contributed by atoms with Gasteiger partial charge in [0.15, 0.2) is 6.17 Å². The van der Waals surface area contributed by atoms with E-state index in [0.29, 0.717) is 0 Å². The topological polar surface area (TPSA) is 63.3 Å². The zero-order valence-corrected chi connectivity index (χ0v) is 5.78. The van der Waals surface area contributed by atoms with Gasteiger partial charge in [0.1, 0.15) is 0 Å². The van der Waals surface area contributed by atoms with Crippen LogP contribution in [-0.2, 0) is 4.79 Å². The Hall–Kier alpha value is -0.420. The van der Waals surface area contributed by atoms with Gasteiger partial charge in [0.25, 0.3) is 0 Å². The number of aliphatic carboxylic acids is 1. The van der Waals surface area contributed by atoms with Crippen molar-refractivity contribution in [3.8, 4) is 0 Å². The van der Waals surface area contributed by atoms with E-state index < -0.39 is 24.9 Å². The van der Waals surface area contributed by atoms with Crippen molar-refractivity contribution < 1.29 is 18.7 Å².